The van der Waals surface area contributed by atoms with E-state index in [1.165, 1.54) is 6.07 Å². The Labute approximate surface area is 101 Å². The van der Waals surface area contributed by atoms with E-state index < -0.39 is 5.97 Å². The minimum absolute atomic E-state index is 0.0603. The topological polar surface area (TPSA) is 87.0 Å². The lowest BCUT2D eigenvalue weighted by atomic mass is 10.0. The summed E-state index contributed by atoms with van der Waals surface area (Å²) in [5.74, 6) is -1.04. The number of thioether (sulfide) groups is 1. The van der Waals surface area contributed by atoms with Gasteiger partial charge in [0.25, 0.3) is 0 Å². The zero-order valence-corrected chi connectivity index (χ0v) is 9.53. The smallest absolute Gasteiger partial charge is 0.313 e. The summed E-state index contributed by atoms with van der Waals surface area (Å²) in [5, 5.41) is 18.7. The van der Waals surface area contributed by atoms with Gasteiger partial charge in [-0.05, 0) is 17.7 Å². The molecule has 2 N–H and O–H groups in total. The van der Waals surface area contributed by atoms with Gasteiger partial charge in [-0.15, -0.1) is 0 Å². The van der Waals surface area contributed by atoms with Crippen LogP contribution in [-0.2, 0) is 11.2 Å². The Morgan fingerprint density at radius 2 is 2.29 bits per heavy atom. The molecule has 6 heteroatoms. The number of aldehydes is 1. The number of hydrogen-bond donors (Lipinski definition) is 2. The molecule has 0 amide bonds. The number of benzene rings is 1. The maximum Gasteiger partial charge on any atom is 0.313 e. The van der Waals surface area contributed by atoms with Crippen LogP contribution in [0.25, 0.3) is 0 Å². The molecular formula is C11H9NO4S. The van der Waals surface area contributed by atoms with Gasteiger partial charge in [0.2, 0.25) is 0 Å². The van der Waals surface area contributed by atoms with Gasteiger partial charge in [-0.2, -0.15) is 0 Å². The summed E-state index contributed by atoms with van der Waals surface area (Å²) >= 11 is 1.13. The lowest BCUT2D eigenvalue weighted by Crippen LogP contribution is -2.03. The van der Waals surface area contributed by atoms with E-state index in [0.29, 0.717) is 29.0 Å². The summed E-state index contributed by atoms with van der Waals surface area (Å²) in [6, 6.07) is 3.03. The molecule has 1 heterocycles. The van der Waals surface area contributed by atoms with Crippen molar-refractivity contribution in [2.75, 3.05) is 5.75 Å². The Morgan fingerprint density at radius 3 is 2.94 bits per heavy atom. The Kier molecular flexibility index (Phi) is 3.14. The molecule has 5 nitrogen and oxygen atoms in total. The normalized spacial score (nSPS) is 13.1. The highest BCUT2D eigenvalue weighted by molar-refractivity contribution is 8.14. The lowest BCUT2D eigenvalue weighted by Gasteiger charge is -2.03. The Balaban J connectivity index is 2.23. The van der Waals surface area contributed by atoms with Gasteiger partial charge in [0.1, 0.15) is 5.75 Å². The number of aliphatic carboxylic acids is 1. The number of aliphatic imine (C=N–C) groups is 1. The molecule has 1 aliphatic rings. The van der Waals surface area contributed by atoms with Crippen molar-refractivity contribution in [2.24, 2.45) is 4.99 Å². The minimum Gasteiger partial charge on any atom is -0.507 e. The van der Waals surface area contributed by atoms with Crippen LogP contribution in [0.3, 0.4) is 0 Å². The van der Waals surface area contributed by atoms with Gasteiger partial charge in [-0.1, -0.05) is 11.8 Å². The molecule has 0 saturated heterocycles. The first-order valence-electron chi connectivity index (χ1n) is 4.84. The summed E-state index contributed by atoms with van der Waals surface area (Å²) in [5.41, 5.74) is 1.52. The fourth-order valence-electron chi connectivity index (χ4n) is 1.62. The van der Waals surface area contributed by atoms with Crippen LogP contribution in [0.5, 0.6) is 5.75 Å². The van der Waals surface area contributed by atoms with E-state index in [-0.39, 0.29) is 17.1 Å². The van der Waals surface area contributed by atoms with Crippen LogP contribution >= 0.6 is 11.8 Å². The molecule has 0 atom stereocenters. The van der Waals surface area contributed by atoms with Crippen molar-refractivity contribution in [3.63, 3.8) is 0 Å². The van der Waals surface area contributed by atoms with Crippen LogP contribution in [0.15, 0.2) is 17.1 Å². The van der Waals surface area contributed by atoms with Gasteiger partial charge in [-0.25, -0.2) is 4.99 Å². The molecule has 0 fully saturated rings. The number of fused-ring (bicyclic) bond motifs is 1. The molecule has 2 rings (SSSR count). The van der Waals surface area contributed by atoms with Crippen LogP contribution < -0.4 is 0 Å². The molecule has 0 saturated carbocycles. The maximum absolute atomic E-state index is 10.8. The predicted octanol–water partition coefficient (Wildman–Crippen LogP) is 1.61. The average Bonchev–Trinajstić information content (AvgIpc) is 2.69. The first-order valence-corrected chi connectivity index (χ1v) is 5.82. The summed E-state index contributed by atoms with van der Waals surface area (Å²) in [6.07, 6.45) is 0.990. The number of aromatic hydroxyl groups is 1. The van der Waals surface area contributed by atoms with E-state index >= 15 is 0 Å². The highest BCUT2D eigenvalue weighted by Crippen LogP contribution is 2.35. The third-order valence-electron chi connectivity index (χ3n) is 2.36. The number of carbonyl (C=O) groups is 2. The highest BCUT2D eigenvalue weighted by Gasteiger charge is 2.21. The standard InChI is InChI=1S/C11H9NO4S/c13-4-7-6-3-10(17-5-11(15)16)12-8(6)1-2-9(7)14/h1-2,4,14H,3,5H2,(H,15,16). The van der Waals surface area contributed by atoms with Crippen LogP contribution in [0.2, 0.25) is 0 Å². The van der Waals surface area contributed by atoms with Crippen LogP contribution in [0, 0.1) is 0 Å². The molecule has 17 heavy (non-hydrogen) atoms. The number of carboxylic acid groups (broad SMARTS) is 1. The Morgan fingerprint density at radius 1 is 1.53 bits per heavy atom. The zero-order valence-electron chi connectivity index (χ0n) is 8.71. The van der Waals surface area contributed by atoms with Crippen molar-refractivity contribution in [3.05, 3.63) is 23.3 Å². The van der Waals surface area contributed by atoms with E-state index in [9.17, 15) is 14.7 Å². The van der Waals surface area contributed by atoms with Crippen molar-refractivity contribution in [2.45, 2.75) is 6.42 Å². The maximum atomic E-state index is 10.8. The highest BCUT2D eigenvalue weighted by atomic mass is 32.2. The van der Waals surface area contributed by atoms with Gasteiger partial charge in [0.15, 0.2) is 6.29 Å². The van der Waals surface area contributed by atoms with Gasteiger partial charge < -0.3 is 10.2 Å². The van der Waals surface area contributed by atoms with Crippen molar-refractivity contribution in [3.8, 4) is 5.75 Å². The van der Waals surface area contributed by atoms with E-state index in [0.717, 1.165) is 11.8 Å². The van der Waals surface area contributed by atoms with Gasteiger partial charge >= 0.3 is 5.97 Å². The first-order chi connectivity index (χ1) is 8.11. The largest absolute Gasteiger partial charge is 0.507 e. The van der Waals surface area contributed by atoms with E-state index in [1.807, 2.05) is 0 Å². The number of nitrogens with zero attached hydrogens (tertiary/aromatic N) is 1. The molecule has 1 aromatic carbocycles. The molecule has 0 aromatic heterocycles. The molecule has 1 aliphatic heterocycles. The number of phenolic OH excluding ortho intramolecular Hbond substituents is 1. The predicted molar refractivity (Wildman–Crippen MR) is 64.4 cm³/mol. The minimum atomic E-state index is -0.910. The monoisotopic (exact) mass is 251 g/mol. The first kappa shape index (κ1) is 11.7. The SMILES string of the molecule is O=Cc1c(O)ccc2c1CC(SCC(=O)O)=N2. The van der Waals surface area contributed by atoms with Gasteiger partial charge in [0.05, 0.1) is 22.0 Å². The number of hydrogen-bond acceptors (Lipinski definition) is 5. The van der Waals surface area contributed by atoms with Crippen molar-refractivity contribution in [1.82, 2.24) is 0 Å². The Hall–Kier alpha value is -1.82. The third kappa shape index (κ3) is 2.31. The Bertz CT molecular complexity index is 524. The van der Waals surface area contributed by atoms with Gasteiger partial charge in [-0.3, -0.25) is 9.59 Å². The zero-order chi connectivity index (χ0) is 12.4. The van der Waals surface area contributed by atoms with Crippen LogP contribution in [-0.4, -0.2) is 33.3 Å². The second kappa shape index (κ2) is 4.58. The van der Waals surface area contributed by atoms with Crippen molar-refractivity contribution < 1.29 is 19.8 Å². The second-order valence-electron chi connectivity index (χ2n) is 3.48. The molecule has 0 bridgehead atoms. The number of carboxylic acids is 1. The quantitative estimate of drug-likeness (QED) is 0.797. The number of phenols is 1. The fraction of sp³-hybridized carbons (Fsp3) is 0.182. The van der Waals surface area contributed by atoms with Crippen LogP contribution in [0.4, 0.5) is 5.69 Å². The van der Waals surface area contributed by atoms with Crippen molar-refractivity contribution in [1.29, 1.82) is 0 Å². The van der Waals surface area contributed by atoms with E-state index in [1.54, 1.807) is 6.07 Å². The summed E-state index contributed by atoms with van der Waals surface area (Å²) in [4.78, 5) is 25.5. The third-order valence-corrected chi connectivity index (χ3v) is 3.32. The molecule has 88 valence electrons. The summed E-state index contributed by atoms with van der Waals surface area (Å²) < 4.78 is 0. The summed E-state index contributed by atoms with van der Waals surface area (Å²) in [7, 11) is 0. The number of rotatable bonds is 3. The summed E-state index contributed by atoms with van der Waals surface area (Å²) in [6.45, 7) is 0. The van der Waals surface area contributed by atoms with E-state index in [4.69, 9.17) is 5.11 Å². The average molecular weight is 251 g/mol. The fourth-order valence-corrected chi connectivity index (χ4v) is 2.32. The molecule has 0 aliphatic carbocycles. The molecule has 0 spiro atoms. The second-order valence-corrected chi connectivity index (χ2v) is 4.53. The van der Waals surface area contributed by atoms with Crippen LogP contribution in [0.1, 0.15) is 15.9 Å². The molecule has 1 aromatic rings. The van der Waals surface area contributed by atoms with Crippen molar-refractivity contribution >= 4 is 34.7 Å². The van der Waals surface area contributed by atoms with E-state index in [2.05, 4.69) is 4.99 Å². The molecule has 0 radical (unpaired) electrons. The lowest BCUT2D eigenvalue weighted by molar-refractivity contribution is -0.133. The number of carbonyl (C=O) groups excluding carboxylic acids is 1. The molecular weight excluding hydrogens is 242 g/mol. The molecule has 0 unspecified atom stereocenters. The van der Waals surface area contributed by atoms with Gasteiger partial charge in [0, 0.05) is 6.42 Å².